The van der Waals surface area contributed by atoms with Crippen molar-refractivity contribution < 1.29 is 19.7 Å². The van der Waals surface area contributed by atoms with Gasteiger partial charge in [-0.1, -0.05) is 29.3 Å². The van der Waals surface area contributed by atoms with Crippen LogP contribution >= 0.6 is 23.4 Å². The molecule has 0 radical (unpaired) electrons. The number of carbonyl (C=O) groups is 1. The Morgan fingerprint density at radius 1 is 1.21 bits per heavy atom. The number of halogens is 1. The van der Waals surface area contributed by atoms with Crippen LogP contribution in [0.15, 0.2) is 53.6 Å². The van der Waals surface area contributed by atoms with Crippen molar-refractivity contribution in [2.45, 2.75) is 56.4 Å². The van der Waals surface area contributed by atoms with Crippen LogP contribution in [0.4, 0.5) is 0 Å². The van der Waals surface area contributed by atoms with Crippen LogP contribution in [0.2, 0.25) is 5.02 Å². The highest BCUT2D eigenvalue weighted by atomic mass is 35.5. The van der Waals surface area contributed by atoms with Gasteiger partial charge in [-0.05, 0) is 100 Å². The van der Waals surface area contributed by atoms with Gasteiger partial charge in [0.1, 0.15) is 5.75 Å². The smallest absolute Gasteiger partial charge is 0.303 e. The monoisotopic (exact) mass is 556 g/mol. The molecule has 0 spiro atoms. The van der Waals surface area contributed by atoms with Crippen LogP contribution in [0.3, 0.4) is 0 Å². The van der Waals surface area contributed by atoms with E-state index in [9.17, 15) is 15.0 Å². The minimum Gasteiger partial charge on any atom is -0.497 e. The lowest BCUT2D eigenvalue weighted by atomic mass is 9.71. The van der Waals surface area contributed by atoms with Crippen molar-refractivity contribution in [2.75, 3.05) is 32.5 Å². The number of benzene rings is 2. The number of nitrogens with zero attached hydrogens (tertiary/aromatic N) is 2. The summed E-state index contributed by atoms with van der Waals surface area (Å²) in [4.78, 5) is 19.9. The number of ether oxygens (including phenoxy) is 1. The second-order valence-electron chi connectivity index (χ2n) is 10.4. The Bertz CT molecular complexity index is 1230. The molecule has 0 saturated carbocycles. The lowest BCUT2D eigenvalue weighted by Crippen LogP contribution is -2.41. The van der Waals surface area contributed by atoms with E-state index in [-0.39, 0.29) is 11.8 Å². The predicted octanol–water partition coefficient (Wildman–Crippen LogP) is 6.76. The van der Waals surface area contributed by atoms with E-state index in [2.05, 4.69) is 41.1 Å². The Morgan fingerprint density at radius 3 is 2.63 bits per heavy atom. The van der Waals surface area contributed by atoms with Gasteiger partial charge in [-0.2, -0.15) is 0 Å². The first-order valence-corrected chi connectivity index (χ1v) is 14.6. The van der Waals surface area contributed by atoms with E-state index in [1.165, 1.54) is 10.5 Å². The zero-order chi connectivity index (χ0) is 27.1. The van der Waals surface area contributed by atoms with Gasteiger partial charge < -0.3 is 19.8 Å². The van der Waals surface area contributed by atoms with Crippen molar-refractivity contribution in [1.29, 1.82) is 0 Å². The molecule has 204 valence electrons. The van der Waals surface area contributed by atoms with Gasteiger partial charge in [0.15, 0.2) is 0 Å². The number of fused-ring (bicyclic) bond motifs is 1. The first-order chi connectivity index (χ1) is 18.3. The van der Waals surface area contributed by atoms with E-state index in [0.29, 0.717) is 29.2 Å². The molecule has 6 nitrogen and oxygen atoms in total. The molecule has 0 bridgehead atoms. The zero-order valence-corrected chi connectivity index (χ0v) is 23.7. The Labute approximate surface area is 234 Å². The number of aromatic nitrogens is 1. The van der Waals surface area contributed by atoms with Gasteiger partial charge in [-0.25, -0.2) is 0 Å². The molecule has 1 fully saturated rings. The standard InChI is InChI=1S/C30H37ClN2O4S/c1-21-4-7-23(8-5-21)38-17-3-14-33-15-12-30(13-16-33,19-28(35)36)11-10-27(34)29-24-18-22(37-2)6-9-26(24)32-20-25(29)31/h4-9,18,20,27,34H,3,10-17,19H2,1-2H3,(H,35,36). The molecule has 3 aromatic rings. The SMILES string of the molecule is COc1ccc2ncc(Cl)c(C(O)CCC3(CC(=O)O)CCN(CCCSc4ccc(C)cc4)CC3)c2c1. The Morgan fingerprint density at radius 2 is 1.95 bits per heavy atom. The number of hydrogen-bond donors (Lipinski definition) is 2. The minimum atomic E-state index is -0.817. The van der Waals surface area contributed by atoms with E-state index < -0.39 is 12.1 Å². The van der Waals surface area contributed by atoms with Gasteiger partial charge >= 0.3 is 5.97 Å². The molecule has 8 heteroatoms. The van der Waals surface area contributed by atoms with E-state index in [4.69, 9.17) is 16.3 Å². The first kappa shape index (κ1) is 28.7. The molecule has 1 atom stereocenters. The summed E-state index contributed by atoms with van der Waals surface area (Å²) in [7, 11) is 1.60. The van der Waals surface area contributed by atoms with Gasteiger partial charge in [-0.15, -0.1) is 11.8 Å². The van der Waals surface area contributed by atoms with Gasteiger partial charge in [0.05, 0.1) is 30.2 Å². The number of carboxylic acids is 1. The fourth-order valence-electron chi connectivity index (χ4n) is 5.42. The van der Waals surface area contributed by atoms with Gasteiger partial charge in [0.2, 0.25) is 0 Å². The molecule has 1 aliphatic heterocycles. The summed E-state index contributed by atoms with van der Waals surface area (Å²) in [5.41, 5.74) is 2.31. The van der Waals surface area contributed by atoms with E-state index in [0.717, 1.165) is 55.6 Å². The highest BCUT2D eigenvalue weighted by molar-refractivity contribution is 7.99. The largest absolute Gasteiger partial charge is 0.497 e. The highest BCUT2D eigenvalue weighted by Gasteiger charge is 2.37. The van der Waals surface area contributed by atoms with Crippen molar-refractivity contribution in [2.24, 2.45) is 5.41 Å². The number of methoxy groups -OCH3 is 1. The normalized spacial score (nSPS) is 16.4. The Kier molecular flexibility index (Phi) is 9.93. The number of aryl methyl sites for hydroxylation is 1. The number of rotatable bonds is 12. The lowest BCUT2D eigenvalue weighted by Gasteiger charge is -2.41. The van der Waals surface area contributed by atoms with Crippen molar-refractivity contribution in [1.82, 2.24) is 9.88 Å². The third-order valence-electron chi connectivity index (χ3n) is 7.70. The molecule has 2 aromatic carbocycles. The topological polar surface area (TPSA) is 82.9 Å². The van der Waals surface area contributed by atoms with Gasteiger partial charge in [0, 0.05) is 22.0 Å². The molecule has 1 saturated heterocycles. The molecule has 1 unspecified atom stereocenters. The van der Waals surface area contributed by atoms with Crippen molar-refractivity contribution >= 4 is 40.2 Å². The summed E-state index contributed by atoms with van der Waals surface area (Å²) in [6, 6.07) is 14.2. The summed E-state index contributed by atoms with van der Waals surface area (Å²) in [6.45, 7) is 4.89. The molecule has 2 heterocycles. The van der Waals surface area contributed by atoms with Crippen LogP contribution in [0.25, 0.3) is 10.9 Å². The van der Waals surface area contributed by atoms with Gasteiger partial charge in [-0.3, -0.25) is 9.78 Å². The summed E-state index contributed by atoms with van der Waals surface area (Å²) in [5.74, 6) is 0.957. The van der Waals surface area contributed by atoms with Gasteiger partial charge in [0.25, 0.3) is 0 Å². The van der Waals surface area contributed by atoms with Crippen LogP contribution in [0, 0.1) is 12.3 Å². The maximum absolute atomic E-state index is 11.8. The molecule has 1 aliphatic rings. The first-order valence-electron chi connectivity index (χ1n) is 13.2. The average molecular weight is 557 g/mol. The molecular formula is C30H37ClN2O4S. The maximum atomic E-state index is 11.8. The second kappa shape index (κ2) is 13.2. The third-order valence-corrected chi connectivity index (χ3v) is 9.10. The summed E-state index contributed by atoms with van der Waals surface area (Å²) in [5, 5.41) is 22.1. The van der Waals surface area contributed by atoms with Crippen LogP contribution in [0.1, 0.15) is 55.8 Å². The van der Waals surface area contributed by atoms with Crippen LogP contribution in [-0.4, -0.2) is 58.6 Å². The molecule has 1 aromatic heterocycles. The second-order valence-corrected chi connectivity index (χ2v) is 12.0. The fraction of sp³-hybridized carbons (Fsp3) is 0.467. The molecule has 0 amide bonds. The van der Waals surface area contributed by atoms with E-state index in [1.807, 2.05) is 30.0 Å². The zero-order valence-electron chi connectivity index (χ0n) is 22.2. The number of aliphatic carboxylic acids is 1. The quantitative estimate of drug-likeness (QED) is 0.188. The van der Waals surface area contributed by atoms with E-state index in [1.54, 1.807) is 13.3 Å². The Balaban J connectivity index is 1.34. The molecular weight excluding hydrogens is 520 g/mol. The van der Waals surface area contributed by atoms with Crippen LogP contribution in [-0.2, 0) is 4.79 Å². The maximum Gasteiger partial charge on any atom is 0.303 e. The van der Waals surface area contributed by atoms with Crippen molar-refractivity contribution in [3.63, 3.8) is 0 Å². The third kappa shape index (κ3) is 7.41. The number of pyridine rings is 1. The summed E-state index contributed by atoms with van der Waals surface area (Å²) in [6.07, 6.45) is 4.67. The minimum absolute atomic E-state index is 0.121. The number of thioether (sulfide) groups is 1. The molecule has 2 N–H and O–H groups in total. The van der Waals surface area contributed by atoms with Crippen molar-refractivity contribution in [3.05, 3.63) is 64.8 Å². The molecule has 4 rings (SSSR count). The van der Waals surface area contributed by atoms with Crippen LogP contribution < -0.4 is 4.74 Å². The number of piperidine rings is 1. The van der Waals surface area contributed by atoms with Crippen molar-refractivity contribution in [3.8, 4) is 5.75 Å². The molecule has 38 heavy (non-hydrogen) atoms. The Hall–Kier alpha value is -2.32. The predicted molar refractivity (Wildman–Crippen MR) is 154 cm³/mol. The summed E-state index contributed by atoms with van der Waals surface area (Å²) >= 11 is 8.38. The van der Waals surface area contributed by atoms with E-state index >= 15 is 0 Å². The number of likely N-dealkylation sites (tertiary alicyclic amines) is 1. The number of aliphatic hydroxyl groups is 1. The number of aliphatic hydroxyl groups excluding tert-OH is 1. The average Bonchev–Trinajstić information content (AvgIpc) is 2.91. The lowest BCUT2D eigenvalue weighted by molar-refractivity contribution is -0.141. The fourth-order valence-corrected chi connectivity index (χ4v) is 6.53. The molecule has 0 aliphatic carbocycles. The van der Waals surface area contributed by atoms with Crippen LogP contribution in [0.5, 0.6) is 5.75 Å². The summed E-state index contributed by atoms with van der Waals surface area (Å²) < 4.78 is 5.36. The number of carboxylic acid groups (broad SMARTS) is 1. The number of hydrogen-bond acceptors (Lipinski definition) is 6. The highest BCUT2D eigenvalue weighted by Crippen LogP contribution is 2.43.